The molecule has 2 rings (SSSR count). The summed E-state index contributed by atoms with van der Waals surface area (Å²) >= 11 is 0. The van der Waals surface area contributed by atoms with Gasteiger partial charge in [0, 0.05) is 25.8 Å². The van der Waals surface area contributed by atoms with E-state index in [2.05, 4.69) is 4.98 Å². The fraction of sp³-hybridized carbons (Fsp3) is 0.588. The van der Waals surface area contributed by atoms with Gasteiger partial charge in [-0.3, -0.25) is 19.5 Å². The molecule has 0 spiro atoms. The van der Waals surface area contributed by atoms with Crippen molar-refractivity contribution in [2.24, 2.45) is 5.41 Å². The van der Waals surface area contributed by atoms with E-state index in [0.717, 1.165) is 12.1 Å². The SMILES string of the molecule is CC[C@]1(C(=O)O)CCCN(C(=O)CN(C)Cc2ccccn2)C1. The molecule has 2 heterocycles. The Kier molecular flexibility index (Phi) is 5.71. The number of aliphatic carboxylic acids is 1. The molecular formula is C17H25N3O3. The highest BCUT2D eigenvalue weighted by molar-refractivity contribution is 5.81. The van der Waals surface area contributed by atoms with Crippen molar-refractivity contribution in [3.8, 4) is 0 Å². The number of likely N-dealkylation sites (tertiary alicyclic amines) is 1. The highest BCUT2D eigenvalue weighted by Gasteiger charge is 2.42. The van der Waals surface area contributed by atoms with Gasteiger partial charge >= 0.3 is 5.97 Å². The summed E-state index contributed by atoms with van der Waals surface area (Å²) in [5.41, 5.74) is 0.128. The number of rotatable bonds is 6. The van der Waals surface area contributed by atoms with E-state index in [1.54, 1.807) is 11.1 Å². The summed E-state index contributed by atoms with van der Waals surface area (Å²) < 4.78 is 0. The van der Waals surface area contributed by atoms with Crippen LogP contribution in [0.4, 0.5) is 0 Å². The van der Waals surface area contributed by atoms with Crippen LogP contribution in [0.25, 0.3) is 0 Å². The second-order valence-electron chi connectivity index (χ2n) is 6.35. The van der Waals surface area contributed by atoms with Gasteiger partial charge in [-0.15, -0.1) is 0 Å². The molecular weight excluding hydrogens is 294 g/mol. The van der Waals surface area contributed by atoms with Crippen molar-refractivity contribution in [3.05, 3.63) is 30.1 Å². The molecule has 0 aromatic carbocycles. The van der Waals surface area contributed by atoms with Crippen LogP contribution in [-0.2, 0) is 16.1 Å². The van der Waals surface area contributed by atoms with Crippen molar-refractivity contribution in [2.75, 3.05) is 26.7 Å². The topological polar surface area (TPSA) is 73.7 Å². The Morgan fingerprint density at radius 1 is 1.43 bits per heavy atom. The van der Waals surface area contributed by atoms with Crippen LogP contribution in [0.2, 0.25) is 0 Å². The zero-order valence-electron chi connectivity index (χ0n) is 13.9. The number of hydrogen-bond acceptors (Lipinski definition) is 4. The highest BCUT2D eigenvalue weighted by Crippen LogP contribution is 2.33. The molecule has 1 aromatic rings. The van der Waals surface area contributed by atoms with E-state index in [1.165, 1.54) is 0 Å². The molecule has 0 radical (unpaired) electrons. The van der Waals surface area contributed by atoms with Crippen molar-refractivity contribution in [1.82, 2.24) is 14.8 Å². The first-order valence-corrected chi connectivity index (χ1v) is 8.06. The molecule has 1 atom stereocenters. The molecule has 1 fully saturated rings. The molecule has 0 unspecified atom stereocenters. The van der Waals surface area contributed by atoms with Crippen LogP contribution in [0.15, 0.2) is 24.4 Å². The van der Waals surface area contributed by atoms with Crippen LogP contribution in [0.3, 0.4) is 0 Å². The van der Waals surface area contributed by atoms with Crippen LogP contribution in [-0.4, -0.2) is 58.4 Å². The van der Waals surface area contributed by atoms with Gasteiger partial charge in [-0.1, -0.05) is 13.0 Å². The van der Waals surface area contributed by atoms with Crippen LogP contribution in [0, 0.1) is 5.41 Å². The lowest BCUT2D eigenvalue weighted by Gasteiger charge is -2.39. The number of carboxylic acid groups (broad SMARTS) is 1. The molecule has 0 bridgehead atoms. The maximum Gasteiger partial charge on any atom is 0.311 e. The minimum absolute atomic E-state index is 0.0118. The zero-order chi connectivity index (χ0) is 16.9. The van der Waals surface area contributed by atoms with Gasteiger partial charge in [0.1, 0.15) is 0 Å². The van der Waals surface area contributed by atoms with Crippen molar-refractivity contribution >= 4 is 11.9 Å². The number of pyridine rings is 1. The Bertz CT molecular complexity index is 549. The summed E-state index contributed by atoms with van der Waals surface area (Å²) in [7, 11) is 1.88. The summed E-state index contributed by atoms with van der Waals surface area (Å²) in [4.78, 5) is 31.9. The predicted octanol–water partition coefficient (Wildman–Crippen LogP) is 1.62. The van der Waals surface area contributed by atoms with Crippen LogP contribution in [0.1, 0.15) is 31.9 Å². The van der Waals surface area contributed by atoms with E-state index in [0.29, 0.717) is 32.5 Å². The van der Waals surface area contributed by atoms with Crippen LogP contribution < -0.4 is 0 Å². The number of hydrogen-bond donors (Lipinski definition) is 1. The summed E-state index contributed by atoms with van der Waals surface area (Å²) in [6.45, 7) is 3.71. The summed E-state index contributed by atoms with van der Waals surface area (Å²) in [6.07, 6.45) is 3.68. The van der Waals surface area contributed by atoms with Crippen LogP contribution >= 0.6 is 0 Å². The molecule has 1 aliphatic heterocycles. The van der Waals surface area contributed by atoms with Gasteiger partial charge in [0.15, 0.2) is 0 Å². The first-order valence-electron chi connectivity index (χ1n) is 8.06. The Hall–Kier alpha value is -1.95. The number of carboxylic acids is 1. The summed E-state index contributed by atoms with van der Waals surface area (Å²) in [5.74, 6) is -0.804. The third-order valence-corrected chi connectivity index (χ3v) is 4.62. The van der Waals surface area contributed by atoms with E-state index < -0.39 is 11.4 Å². The minimum atomic E-state index is -0.792. The first kappa shape index (κ1) is 17.4. The van der Waals surface area contributed by atoms with Crippen LogP contribution in [0.5, 0.6) is 0 Å². The molecule has 23 heavy (non-hydrogen) atoms. The Morgan fingerprint density at radius 3 is 2.83 bits per heavy atom. The van der Waals surface area contributed by atoms with Gasteiger partial charge in [0.25, 0.3) is 0 Å². The molecule has 6 heteroatoms. The van der Waals surface area contributed by atoms with Gasteiger partial charge in [0.05, 0.1) is 17.7 Å². The van der Waals surface area contributed by atoms with E-state index >= 15 is 0 Å². The number of carbonyl (C=O) groups excluding carboxylic acids is 1. The lowest BCUT2D eigenvalue weighted by atomic mass is 9.77. The normalized spacial score (nSPS) is 21.4. The van der Waals surface area contributed by atoms with E-state index in [-0.39, 0.29) is 12.5 Å². The van der Waals surface area contributed by atoms with Gasteiger partial charge in [-0.25, -0.2) is 0 Å². The maximum absolute atomic E-state index is 12.5. The molecule has 0 saturated carbocycles. The number of nitrogens with zero attached hydrogens (tertiary/aromatic N) is 3. The van der Waals surface area contributed by atoms with Crippen molar-refractivity contribution in [3.63, 3.8) is 0 Å². The van der Waals surface area contributed by atoms with E-state index in [1.807, 2.05) is 37.1 Å². The molecule has 1 aromatic heterocycles. The lowest BCUT2D eigenvalue weighted by molar-refractivity contribution is -0.155. The molecule has 126 valence electrons. The Balaban J connectivity index is 1.93. The number of likely N-dealkylation sites (N-methyl/N-ethyl adjacent to an activating group) is 1. The smallest absolute Gasteiger partial charge is 0.311 e. The quantitative estimate of drug-likeness (QED) is 0.862. The Morgan fingerprint density at radius 2 is 2.22 bits per heavy atom. The van der Waals surface area contributed by atoms with Crippen molar-refractivity contribution in [2.45, 2.75) is 32.7 Å². The summed E-state index contributed by atoms with van der Waals surface area (Å²) in [5, 5.41) is 9.51. The largest absolute Gasteiger partial charge is 0.481 e. The molecule has 1 aliphatic rings. The molecule has 1 amide bonds. The van der Waals surface area contributed by atoms with Gasteiger partial charge in [0.2, 0.25) is 5.91 Å². The molecule has 6 nitrogen and oxygen atoms in total. The number of carbonyl (C=O) groups is 2. The standard InChI is InChI=1S/C17H25N3O3/c1-3-17(16(22)23)8-6-10-20(13-17)15(21)12-19(2)11-14-7-4-5-9-18-14/h4-5,7,9H,3,6,8,10-13H2,1-2H3,(H,22,23)/t17-/m0/s1. The summed E-state index contributed by atoms with van der Waals surface area (Å²) in [6, 6.07) is 5.71. The molecule has 1 saturated heterocycles. The average molecular weight is 319 g/mol. The zero-order valence-corrected chi connectivity index (χ0v) is 13.9. The van der Waals surface area contributed by atoms with E-state index in [9.17, 15) is 14.7 Å². The maximum atomic E-state index is 12.5. The number of aromatic nitrogens is 1. The van der Waals surface area contributed by atoms with Gasteiger partial charge in [-0.2, -0.15) is 0 Å². The van der Waals surface area contributed by atoms with E-state index in [4.69, 9.17) is 0 Å². The van der Waals surface area contributed by atoms with Crippen molar-refractivity contribution in [1.29, 1.82) is 0 Å². The molecule has 0 aliphatic carbocycles. The second-order valence-corrected chi connectivity index (χ2v) is 6.35. The number of amides is 1. The van der Waals surface area contributed by atoms with Gasteiger partial charge < -0.3 is 10.0 Å². The predicted molar refractivity (Wildman–Crippen MR) is 86.7 cm³/mol. The fourth-order valence-electron chi connectivity index (χ4n) is 3.11. The Labute approximate surface area is 137 Å². The second kappa shape index (κ2) is 7.55. The lowest BCUT2D eigenvalue weighted by Crippen LogP contribution is -2.51. The van der Waals surface area contributed by atoms with Crippen molar-refractivity contribution < 1.29 is 14.7 Å². The monoisotopic (exact) mass is 319 g/mol. The first-order chi connectivity index (χ1) is 11.0. The third kappa shape index (κ3) is 4.28. The molecule has 1 N–H and O–H groups in total. The number of piperidine rings is 1. The average Bonchev–Trinajstić information content (AvgIpc) is 2.55. The third-order valence-electron chi connectivity index (χ3n) is 4.62. The van der Waals surface area contributed by atoms with Gasteiger partial charge in [-0.05, 0) is 38.4 Å². The highest BCUT2D eigenvalue weighted by atomic mass is 16.4. The minimum Gasteiger partial charge on any atom is -0.481 e. The fourth-order valence-corrected chi connectivity index (χ4v) is 3.11.